The average molecular weight is 500 g/mol. The molecule has 3 aromatic rings. The molecule has 2 N–H and O–H groups in total. The minimum absolute atomic E-state index is 0.0899. The highest BCUT2D eigenvalue weighted by atomic mass is 16.5. The molecule has 7 nitrogen and oxygen atoms in total. The van der Waals surface area contributed by atoms with E-state index in [1.54, 1.807) is 29.2 Å². The molecule has 0 radical (unpaired) electrons. The predicted octanol–water partition coefficient (Wildman–Crippen LogP) is 4.61. The Hall–Kier alpha value is -4.13. The molecule has 1 atom stereocenters. The van der Waals surface area contributed by atoms with Crippen LogP contribution in [0.1, 0.15) is 34.2 Å². The maximum Gasteiger partial charge on any atom is 0.262 e. The second kappa shape index (κ2) is 11.3. The summed E-state index contributed by atoms with van der Waals surface area (Å²) in [5, 5.41) is 5.88. The Morgan fingerprint density at radius 2 is 1.62 bits per heavy atom. The van der Waals surface area contributed by atoms with Crippen molar-refractivity contribution in [1.29, 1.82) is 0 Å². The number of nitrogens with one attached hydrogen (secondary N) is 2. The van der Waals surface area contributed by atoms with Gasteiger partial charge in [0.15, 0.2) is 6.61 Å². The Morgan fingerprint density at radius 3 is 2.30 bits per heavy atom. The van der Waals surface area contributed by atoms with Gasteiger partial charge in [-0.1, -0.05) is 42.0 Å². The molecule has 192 valence electrons. The van der Waals surface area contributed by atoms with Crippen molar-refractivity contribution in [2.75, 3.05) is 23.4 Å². The van der Waals surface area contributed by atoms with Gasteiger partial charge < -0.3 is 20.3 Å². The van der Waals surface area contributed by atoms with Gasteiger partial charge >= 0.3 is 0 Å². The first-order valence-electron chi connectivity index (χ1n) is 12.4. The van der Waals surface area contributed by atoms with Crippen LogP contribution in [0.4, 0.5) is 11.4 Å². The van der Waals surface area contributed by atoms with E-state index in [0.717, 1.165) is 33.5 Å². The molecule has 1 heterocycles. The van der Waals surface area contributed by atoms with Crippen LogP contribution in [0.3, 0.4) is 0 Å². The molecule has 1 aliphatic heterocycles. The van der Waals surface area contributed by atoms with Gasteiger partial charge in [-0.15, -0.1) is 0 Å². The fraction of sp³-hybridized carbons (Fsp3) is 0.300. The normalized spacial score (nSPS) is 15.0. The molecule has 37 heavy (non-hydrogen) atoms. The molecule has 0 unspecified atom stereocenters. The Balaban J connectivity index is 1.29. The number of anilines is 2. The molecule has 4 rings (SSSR count). The molecule has 3 amide bonds. The van der Waals surface area contributed by atoms with Gasteiger partial charge in [0.2, 0.25) is 11.8 Å². The van der Waals surface area contributed by atoms with Crippen molar-refractivity contribution in [2.24, 2.45) is 5.92 Å². The summed E-state index contributed by atoms with van der Waals surface area (Å²) >= 11 is 0. The molecule has 3 aromatic carbocycles. The number of aryl methyl sites for hydroxylation is 4. The van der Waals surface area contributed by atoms with Crippen LogP contribution >= 0.6 is 0 Å². The minimum Gasteiger partial charge on any atom is -0.484 e. The lowest BCUT2D eigenvalue weighted by molar-refractivity contribution is -0.126. The van der Waals surface area contributed by atoms with Crippen molar-refractivity contribution >= 4 is 29.1 Å². The summed E-state index contributed by atoms with van der Waals surface area (Å²) in [5.41, 5.74) is 6.84. The number of rotatable bonds is 8. The SMILES string of the molecule is Cc1cc(C)c(NC(=O)COc2ccc(N3C[C@@H](C(=O)NCc4ccccc4C)CC3=O)cc2)c(C)c1. The monoisotopic (exact) mass is 499 g/mol. The van der Waals surface area contributed by atoms with Crippen molar-refractivity contribution in [1.82, 2.24) is 5.32 Å². The van der Waals surface area contributed by atoms with Crippen molar-refractivity contribution in [3.63, 3.8) is 0 Å². The average Bonchev–Trinajstić information content (AvgIpc) is 3.26. The maximum absolute atomic E-state index is 12.7. The molecule has 1 aliphatic rings. The third kappa shape index (κ3) is 6.36. The van der Waals surface area contributed by atoms with Crippen LogP contribution in [-0.4, -0.2) is 30.9 Å². The van der Waals surface area contributed by atoms with E-state index in [1.165, 1.54) is 0 Å². The largest absolute Gasteiger partial charge is 0.484 e. The second-order valence-electron chi connectivity index (χ2n) is 9.65. The molecule has 7 heteroatoms. The third-order valence-corrected chi connectivity index (χ3v) is 6.67. The van der Waals surface area contributed by atoms with Gasteiger partial charge in [0.1, 0.15) is 5.75 Å². The van der Waals surface area contributed by atoms with Gasteiger partial charge in [0.25, 0.3) is 5.91 Å². The van der Waals surface area contributed by atoms with Crippen molar-refractivity contribution in [2.45, 2.75) is 40.7 Å². The Bertz CT molecular complexity index is 1290. The quantitative estimate of drug-likeness (QED) is 0.474. The van der Waals surface area contributed by atoms with Crippen LogP contribution in [0.15, 0.2) is 60.7 Å². The number of ether oxygens (including phenoxy) is 1. The molecular weight excluding hydrogens is 466 g/mol. The van der Waals surface area contributed by atoms with Crippen LogP contribution < -0.4 is 20.3 Å². The zero-order chi connectivity index (χ0) is 26.5. The van der Waals surface area contributed by atoms with Crippen LogP contribution in [0.5, 0.6) is 5.75 Å². The van der Waals surface area contributed by atoms with Crippen LogP contribution in [-0.2, 0) is 20.9 Å². The van der Waals surface area contributed by atoms with Crippen LogP contribution in [0.2, 0.25) is 0 Å². The summed E-state index contributed by atoms with van der Waals surface area (Å²) < 4.78 is 5.65. The summed E-state index contributed by atoms with van der Waals surface area (Å²) in [5.74, 6) is -0.328. The summed E-state index contributed by atoms with van der Waals surface area (Å²) in [6.07, 6.45) is 0.176. The summed E-state index contributed by atoms with van der Waals surface area (Å²) in [6.45, 7) is 8.61. The lowest BCUT2D eigenvalue weighted by Crippen LogP contribution is -2.32. The van der Waals surface area contributed by atoms with E-state index in [0.29, 0.717) is 24.5 Å². The number of amides is 3. The van der Waals surface area contributed by atoms with Crippen LogP contribution in [0, 0.1) is 33.6 Å². The highest BCUT2D eigenvalue weighted by molar-refractivity contribution is 6.00. The summed E-state index contributed by atoms with van der Waals surface area (Å²) in [6, 6.07) is 19.0. The maximum atomic E-state index is 12.7. The zero-order valence-corrected chi connectivity index (χ0v) is 21.8. The number of carbonyl (C=O) groups is 3. The van der Waals surface area contributed by atoms with Crippen molar-refractivity contribution in [3.05, 3.63) is 88.5 Å². The molecular formula is C30H33N3O4. The lowest BCUT2D eigenvalue weighted by atomic mass is 10.1. The standard InChI is InChI=1S/C30H33N3O4/c1-19-13-21(3)29(22(4)14-19)32-27(34)18-37-26-11-9-25(10-12-26)33-17-24(15-28(33)35)30(36)31-16-23-8-6-5-7-20(23)2/h5-14,24H,15-18H2,1-4H3,(H,31,36)(H,32,34)/t24-/m0/s1. The molecule has 0 aromatic heterocycles. The smallest absolute Gasteiger partial charge is 0.262 e. The van der Waals surface area contributed by atoms with E-state index < -0.39 is 5.92 Å². The van der Waals surface area contributed by atoms with E-state index in [1.807, 2.05) is 64.1 Å². The summed E-state index contributed by atoms with van der Waals surface area (Å²) in [7, 11) is 0. The predicted molar refractivity (Wildman–Crippen MR) is 145 cm³/mol. The highest BCUT2D eigenvalue weighted by Gasteiger charge is 2.35. The first kappa shape index (κ1) is 25.9. The molecule has 0 bridgehead atoms. The molecule has 1 fully saturated rings. The van der Waals surface area contributed by atoms with E-state index in [9.17, 15) is 14.4 Å². The number of benzene rings is 3. The molecule has 0 aliphatic carbocycles. The topological polar surface area (TPSA) is 87.7 Å². The first-order valence-corrected chi connectivity index (χ1v) is 12.4. The molecule has 1 saturated heterocycles. The second-order valence-corrected chi connectivity index (χ2v) is 9.65. The van der Waals surface area contributed by atoms with E-state index >= 15 is 0 Å². The fourth-order valence-electron chi connectivity index (χ4n) is 4.69. The van der Waals surface area contributed by atoms with E-state index in [4.69, 9.17) is 4.74 Å². The number of hydrogen-bond donors (Lipinski definition) is 2. The van der Waals surface area contributed by atoms with Gasteiger partial charge in [-0.2, -0.15) is 0 Å². The third-order valence-electron chi connectivity index (χ3n) is 6.67. The Labute approximate surface area is 217 Å². The first-order chi connectivity index (χ1) is 17.7. The molecule has 0 saturated carbocycles. The summed E-state index contributed by atoms with van der Waals surface area (Å²) in [4.78, 5) is 39.4. The number of nitrogens with zero attached hydrogens (tertiary/aromatic N) is 1. The van der Waals surface area contributed by atoms with Crippen molar-refractivity contribution in [3.8, 4) is 5.75 Å². The van der Waals surface area contributed by atoms with Gasteiger partial charge in [0, 0.05) is 30.9 Å². The van der Waals surface area contributed by atoms with Gasteiger partial charge in [-0.05, 0) is 74.2 Å². The van der Waals surface area contributed by atoms with Crippen LogP contribution in [0.25, 0.3) is 0 Å². The van der Waals surface area contributed by atoms with Crippen molar-refractivity contribution < 1.29 is 19.1 Å². The van der Waals surface area contributed by atoms with E-state index in [2.05, 4.69) is 10.6 Å². The Kier molecular flexibility index (Phi) is 7.92. The highest BCUT2D eigenvalue weighted by Crippen LogP contribution is 2.27. The zero-order valence-electron chi connectivity index (χ0n) is 21.8. The van der Waals surface area contributed by atoms with Gasteiger partial charge in [-0.3, -0.25) is 14.4 Å². The van der Waals surface area contributed by atoms with E-state index in [-0.39, 0.29) is 30.7 Å². The fourth-order valence-corrected chi connectivity index (χ4v) is 4.69. The number of hydrogen-bond acceptors (Lipinski definition) is 4. The van der Waals surface area contributed by atoms with Gasteiger partial charge in [-0.25, -0.2) is 0 Å². The van der Waals surface area contributed by atoms with Gasteiger partial charge in [0.05, 0.1) is 5.92 Å². The Morgan fingerprint density at radius 1 is 0.946 bits per heavy atom. The minimum atomic E-state index is -0.398. The molecule has 0 spiro atoms. The lowest BCUT2D eigenvalue weighted by Gasteiger charge is -2.17. The number of carbonyl (C=O) groups excluding carboxylic acids is 3.